The molecule has 2 heterocycles. The Morgan fingerprint density at radius 2 is 2.03 bits per heavy atom. The Morgan fingerprint density at radius 1 is 1.27 bits per heavy atom. The van der Waals surface area contributed by atoms with E-state index in [0.717, 1.165) is 30.1 Å². The van der Waals surface area contributed by atoms with E-state index < -0.39 is 10.0 Å². The van der Waals surface area contributed by atoms with Crippen LogP contribution in [0.4, 0.5) is 5.69 Å². The van der Waals surface area contributed by atoms with Gasteiger partial charge >= 0.3 is 0 Å². The predicted octanol–water partition coefficient (Wildman–Crippen LogP) is 2.99. The van der Waals surface area contributed by atoms with Gasteiger partial charge in [0.05, 0.1) is 23.9 Å². The molecule has 0 unspecified atom stereocenters. The minimum absolute atomic E-state index is 0.139. The number of H-pyrrole nitrogens is 1. The molecule has 0 atom stereocenters. The zero-order valence-electron chi connectivity index (χ0n) is 18.9. The number of aryl methyl sites for hydroxylation is 2. The highest BCUT2D eigenvalue weighted by Gasteiger charge is 2.27. The molecule has 9 nitrogen and oxygen atoms in total. The Morgan fingerprint density at radius 3 is 2.79 bits per heavy atom. The molecule has 1 aromatic heterocycles. The summed E-state index contributed by atoms with van der Waals surface area (Å²) >= 11 is 1.26. The second-order valence-electron chi connectivity index (χ2n) is 8.58. The lowest BCUT2D eigenvalue weighted by molar-refractivity contribution is -0.113. The SMILES string of the molecule is Cc1ccc(S(=O)(=O)N2CCOCC2)cc1NC(=O)CSc1n[nH]c(CCC2CCCC2)n1. The van der Waals surface area contributed by atoms with Gasteiger partial charge in [-0.2, -0.15) is 4.31 Å². The monoisotopic (exact) mass is 493 g/mol. The molecule has 1 amide bonds. The van der Waals surface area contributed by atoms with Crippen molar-refractivity contribution in [1.82, 2.24) is 19.5 Å². The first-order chi connectivity index (χ1) is 15.9. The fourth-order valence-electron chi connectivity index (χ4n) is 4.24. The lowest BCUT2D eigenvalue weighted by atomic mass is 10.0. The lowest BCUT2D eigenvalue weighted by Crippen LogP contribution is -2.40. The molecular formula is C22H31N5O4S2. The van der Waals surface area contributed by atoms with Gasteiger partial charge in [-0.15, -0.1) is 5.10 Å². The molecule has 180 valence electrons. The highest BCUT2D eigenvalue weighted by atomic mass is 32.2. The third-order valence-corrected chi connectivity index (χ3v) is 8.94. The number of hydrogen-bond donors (Lipinski definition) is 2. The fraction of sp³-hybridized carbons (Fsp3) is 0.591. The molecule has 2 fully saturated rings. The van der Waals surface area contributed by atoms with Crippen LogP contribution in [0.2, 0.25) is 0 Å². The van der Waals surface area contributed by atoms with E-state index in [0.29, 0.717) is 37.1 Å². The Labute approximate surface area is 199 Å². The van der Waals surface area contributed by atoms with E-state index in [1.54, 1.807) is 12.1 Å². The zero-order chi connectivity index (χ0) is 23.3. The van der Waals surface area contributed by atoms with Crippen LogP contribution in [-0.4, -0.2) is 65.9 Å². The van der Waals surface area contributed by atoms with Crippen LogP contribution >= 0.6 is 11.8 Å². The van der Waals surface area contributed by atoms with Crippen LogP contribution in [0, 0.1) is 12.8 Å². The van der Waals surface area contributed by atoms with Gasteiger partial charge in [0.25, 0.3) is 0 Å². The van der Waals surface area contributed by atoms with E-state index in [9.17, 15) is 13.2 Å². The number of morpholine rings is 1. The number of benzene rings is 1. The topological polar surface area (TPSA) is 117 Å². The van der Waals surface area contributed by atoms with Crippen molar-refractivity contribution < 1.29 is 17.9 Å². The van der Waals surface area contributed by atoms with Gasteiger partial charge in [0.15, 0.2) is 0 Å². The number of thioether (sulfide) groups is 1. The summed E-state index contributed by atoms with van der Waals surface area (Å²) in [6.07, 6.45) is 7.29. The van der Waals surface area contributed by atoms with Crippen molar-refractivity contribution in [3.63, 3.8) is 0 Å². The molecular weight excluding hydrogens is 462 g/mol. The maximum absolute atomic E-state index is 12.9. The summed E-state index contributed by atoms with van der Waals surface area (Å²) in [4.78, 5) is 17.2. The summed E-state index contributed by atoms with van der Waals surface area (Å²) in [5.41, 5.74) is 1.28. The Balaban J connectivity index is 1.31. The fourth-order valence-corrected chi connectivity index (χ4v) is 6.29. The first kappa shape index (κ1) is 24.2. The molecule has 0 spiro atoms. The third kappa shape index (κ3) is 6.34. The minimum Gasteiger partial charge on any atom is -0.379 e. The van der Waals surface area contributed by atoms with Gasteiger partial charge < -0.3 is 10.1 Å². The largest absolute Gasteiger partial charge is 0.379 e. The number of hydrogen-bond acceptors (Lipinski definition) is 7. The number of aromatic amines is 1. The highest BCUT2D eigenvalue weighted by Crippen LogP contribution is 2.28. The normalized spacial score (nSPS) is 18.0. The van der Waals surface area contributed by atoms with Crippen molar-refractivity contribution >= 4 is 33.4 Å². The predicted molar refractivity (Wildman–Crippen MR) is 127 cm³/mol. The van der Waals surface area contributed by atoms with E-state index in [2.05, 4.69) is 20.5 Å². The van der Waals surface area contributed by atoms with Gasteiger partial charge in [-0.05, 0) is 37.0 Å². The molecule has 1 aliphatic carbocycles. The van der Waals surface area contributed by atoms with Gasteiger partial charge in [-0.1, -0.05) is 43.5 Å². The van der Waals surface area contributed by atoms with Crippen molar-refractivity contribution in [3.8, 4) is 0 Å². The molecule has 0 radical (unpaired) electrons. The molecule has 4 rings (SSSR count). The summed E-state index contributed by atoms with van der Waals surface area (Å²) in [6.45, 7) is 3.26. The molecule has 1 aromatic carbocycles. The number of amides is 1. The second kappa shape index (κ2) is 11.0. The number of sulfonamides is 1. The van der Waals surface area contributed by atoms with E-state index in [-0.39, 0.29) is 16.6 Å². The van der Waals surface area contributed by atoms with E-state index >= 15 is 0 Å². The van der Waals surface area contributed by atoms with Crippen LogP contribution < -0.4 is 5.32 Å². The van der Waals surface area contributed by atoms with Crippen LogP contribution in [0.5, 0.6) is 0 Å². The molecule has 1 saturated heterocycles. The van der Waals surface area contributed by atoms with E-state index in [1.807, 2.05) is 6.92 Å². The zero-order valence-corrected chi connectivity index (χ0v) is 20.5. The maximum atomic E-state index is 12.9. The number of rotatable bonds is 9. The van der Waals surface area contributed by atoms with Crippen LogP contribution in [0.25, 0.3) is 0 Å². The number of aromatic nitrogens is 3. The maximum Gasteiger partial charge on any atom is 0.243 e. The molecule has 1 saturated carbocycles. The average molecular weight is 494 g/mol. The smallest absolute Gasteiger partial charge is 0.243 e. The van der Waals surface area contributed by atoms with Gasteiger partial charge in [0.1, 0.15) is 5.82 Å². The van der Waals surface area contributed by atoms with Gasteiger partial charge in [0.2, 0.25) is 21.1 Å². The molecule has 2 N–H and O–H groups in total. The van der Waals surface area contributed by atoms with Crippen molar-refractivity contribution in [1.29, 1.82) is 0 Å². The molecule has 1 aliphatic heterocycles. The number of nitrogens with one attached hydrogen (secondary N) is 2. The van der Waals surface area contributed by atoms with E-state index in [4.69, 9.17) is 4.74 Å². The Kier molecular flexibility index (Phi) is 8.05. The van der Waals surface area contributed by atoms with Crippen LogP contribution in [0.3, 0.4) is 0 Å². The Hall–Kier alpha value is -1.95. The van der Waals surface area contributed by atoms with Crippen LogP contribution in [-0.2, 0) is 26.0 Å². The molecule has 2 aliphatic rings. The van der Waals surface area contributed by atoms with Gasteiger partial charge in [-0.3, -0.25) is 9.89 Å². The summed E-state index contributed by atoms with van der Waals surface area (Å²) in [6, 6.07) is 4.81. The first-order valence-corrected chi connectivity index (χ1v) is 13.9. The third-order valence-electron chi connectivity index (χ3n) is 6.20. The van der Waals surface area contributed by atoms with Crippen LogP contribution in [0.1, 0.15) is 43.5 Å². The lowest BCUT2D eigenvalue weighted by Gasteiger charge is -2.26. The Bertz CT molecular complexity index is 1060. The minimum atomic E-state index is -3.63. The number of anilines is 1. The van der Waals surface area contributed by atoms with Crippen molar-refractivity contribution in [2.75, 3.05) is 37.4 Å². The quantitative estimate of drug-likeness (QED) is 0.516. The summed E-state index contributed by atoms with van der Waals surface area (Å²) < 4.78 is 32.5. The number of carbonyl (C=O) groups excluding carboxylic acids is 1. The average Bonchev–Trinajstić information content (AvgIpc) is 3.50. The summed E-state index contributed by atoms with van der Waals surface area (Å²) in [7, 11) is -3.63. The number of nitrogens with zero attached hydrogens (tertiary/aromatic N) is 3. The summed E-state index contributed by atoms with van der Waals surface area (Å²) in [5, 5.41) is 10.6. The van der Waals surface area contributed by atoms with Crippen molar-refractivity contribution in [3.05, 3.63) is 29.6 Å². The molecule has 2 aromatic rings. The van der Waals surface area contributed by atoms with E-state index in [1.165, 1.54) is 47.8 Å². The second-order valence-corrected chi connectivity index (χ2v) is 11.5. The number of carbonyl (C=O) groups is 1. The summed E-state index contributed by atoms with van der Waals surface area (Å²) in [5.74, 6) is 1.56. The van der Waals surface area contributed by atoms with Crippen molar-refractivity contribution in [2.45, 2.75) is 55.5 Å². The molecule has 11 heteroatoms. The standard InChI is InChI=1S/C22H31N5O4S2/c1-16-6-8-18(33(29,30)27-10-12-31-13-11-27)14-19(16)23-21(28)15-32-22-24-20(25-26-22)9-7-17-4-2-3-5-17/h6,8,14,17H,2-5,7,9-13,15H2,1H3,(H,23,28)(H,24,25,26). The van der Waals surface area contributed by atoms with Gasteiger partial charge in [0, 0.05) is 25.2 Å². The van der Waals surface area contributed by atoms with Crippen LogP contribution in [0.15, 0.2) is 28.3 Å². The van der Waals surface area contributed by atoms with Crippen molar-refractivity contribution in [2.24, 2.45) is 5.92 Å². The number of ether oxygens (including phenoxy) is 1. The highest BCUT2D eigenvalue weighted by molar-refractivity contribution is 7.99. The molecule has 33 heavy (non-hydrogen) atoms. The first-order valence-electron chi connectivity index (χ1n) is 11.4. The molecule has 0 bridgehead atoms. The van der Waals surface area contributed by atoms with Gasteiger partial charge in [-0.25, -0.2) is 13.4 Å².